The summed E-state index contributed by atoms with van der Waals surface area (Å²) in [5, 5.41) is 5.78. The number of furan rings is 1. The van der Waals surface area contributed by atoms with Gasteiger partial charge in [0, 0.05) is 6.04 Å². The van der Waals surface area contributed by atoms with Crippen molar-refractivity contribution >= 4 is 27.7 Å². The van der Waals surface area contributed by atoms with Crippen LogP contribution in [0.15, 0.2) is 21.2 Å². The number of amides is 2. The lowest BCUT2D eigenvalue weighted by molar-refractivity contribution is -0.124. The number of carbonyl (C=O) groups excluding carboxylic acids is 2. The fourth-order valence-electron chi connectivity index (χ4n) is 5.84. The van der Waals surface area contributed by atoms with Crippen LogP contribution in [0.3, 0.4) is 0 Å². The monoisotopic (exact) mass is 408 g/mol. The molecule has 0 aliphatic heterocycles. The SMILES string of the molecule is CC(NC(=O)CNC(=O)c1ccc(Br)o1)C12CC3CC(CC(C3)C1)C2. The quantitative estimate of drug-likeness (QED) is 0.782. The van der Waals surface area contributed by atoms with Crippen LogP contribution in [0, 0.1) is 23.2 Å². The van der Waals surface area contributed by atoms with E-state index in [1.807, 2.05) is 0 Å². The first kappa shape index (κ1) is 17.1. The van der Waals surface area contributed by atoms with E-state index in [4.69, 9.17) is 4.42 Å². The largest absolute Gasteiger partial charge is 0.444 e. The summed E-state index contributed by atoms with van der Waals surface area (Å²) in [4.78, 5) is 24.3. The Bertz CT molecular complexity index is 649. The third-order valence-electron chi connectivity index (χ3n) is 6.59. The fourth-order valence-corrected chi connectivity index (χ4v) is 6.14. The molecule has 1 aromatic rings. The molecule has 5 rings (SSSR count). The first-order chi connectivity index (χ1) is 11.9. The van der Waals surface area contributed by atoms with Gasteiger partial charge in [0.1, 0.15) is 0 Å². The van der Waals surface area contributed by atoms with Crippen molar-refractivity contribution in [1.82, 2.24) is 10.6 Å². The highest BCUT2D eigenvalue weighted by atomic mass is 79.9. The minimum absolute atomic E-state index is 0.0200. The molecule has 0 saturated heterocycles. The highest BCUT2D eigenvalue weighted by molar-refractivity contribution is 9.10. The first-order valence-corrected chi connectivity index (χ1v) is 10.1. The molecule has 25 heavy (non-hydrogen) atoms. The highest BCUT2D eigenvalue weighted by Crippen LogP contribution is 2.61. The van der Waals surface area contributed by atoms with E-state index in [0.29, 0.717) is 4.67 Å². The Balaban J connectivity index is 1.31. The Morgan fingerprint density at radius 2 is 1.80 bits per heavy atom. The van der Waals surface area contributed by atoms with Crippen LogP contribution in [0.4, 0.5) is 0 Å². The zero-order valence-corrected chi connectivity index (χ0v) is 16.1. The van der Waals surface area contributed by atoms with Gasteiger partial charge in [-0.15, -0.1) is 0 Å². The molecule has 0 radical (unpaired) electrons. The van der Waals surface area contributed by atoms with Gasteiger partial charge >= 0.3 is 0 Å². The third-order valence-corrected chi connectivity index (χ3v) is 7.01. The Hall–Kier alpha value is -1.30. The number of hydrogen-bond donors (Lipinski definition) is 2. The molecule has 5 nitrogen and oxygen atoms in total. The second-order valence-corrected chi connectivity index (χ2v) is 9.14. The minimum atomic E-state index is -0.372. The van der Waals surface area contributed by atoms with Crippen molar-refractivity contribution in [3.63, 3.8) is 0 Å². The van der Waals surface area contributed by atoms with Gasteiger partial charge in [-0.2, -0.15) is 0 Å². The van der Waals surface area contributed by atoms with Crippen LogP contribution < -0.4 is 10.6 Å². The van der Waals surface area contributed by atoms with Crippen molar-refractivity contribution in [3.8, 4) is 0 Å². The maximum Gasteiger partial charge on any atom is 0.287 e. The highest BCUT2D eigenvalue weighted by Gasteiger charge is 2.53. The zero-order chi connectivity index (χ0) is 17.6. The Morgan fingerprint density at radius 1 is 1.20 bits per heavy atom. The van der Waals surface area contributed by atoms with E-state index in [9.17, 15) is 9.59 Å². The molecule has 1 unspecified atom stereocenters. The van der Waals surface area contributed by atoms with Crippen LogP contribution in [0.2, 0.25) is 0 Å². The van der Waals surface area contributed by atoms with Gasteiger partial charge in [-0.25, -0.2) is 0 Å². The molecule has 0 aromatic carbocycles. The first-order valence-electron chi connectivity index (χ1n) is 9.26. The van der Waals surface area contributed by atoms with Gasteiger partial charge in [0.2, 0.25) is 5.91 Å². The molecule has 4 aliphatic rings. The fraction of sp³-hybridized carbons (Fsp3) is 0.684. The maximum absolute atomic E-state index is 12.3. The van der Waals surface area contributed by atoms with E-state index >= 15 is 0 Å². The Labute approximate surface area is 156 Å². The van der Waals surface area contributed by atoms with Crippen LogP contribution in [-0.4, -0.2) is 24.4 Å². The van der Waals surface area contributed by atoms with Gasteiger partial charge in [0.15, 0.2) is 10.4 Å². The van der Waals surface area contributed by atoms with Gasteiger partial charge < -0.3 is 15.1 Å². The van der Waals surface area contributed by atoms with Crippen LogP contribution in [0.1, 0.15) is 56.0 Å². The van der Waals surface area contributed by atoms with Crippen LogP contribution >= 0.6 is 15.9 Å². The summed E-state index contributed by atoms with van der Waals surface area (Å²) in [7, 11) is 0. The molecule has 136 valence electrons. The topological polar surface area (TPSA) is 71.3 Å². The summed E-state index contributed by atoms with van der Waals surface area (Å²) in [5.74, 6) is 2.30. The molecule has 4 saturated carbocycles. The average molecular weight is 409 g/mol. The molecule has 2 N–H and O–H groups in total. The summed E-state index contributed by atoms with van der Waals surface area (Å²) in [6, 6.07) is 3.41. The predicted molar refractivity (Wildman–Crippen MR) is 97.0 cm³/mol. The van der Waals surface area contributed by atoms with E-state index in [-0.39, 0.29) is 35.6 Å². The van der Waals surface area contributed by atoms with Crippen molar-refractivity contribution in [2.45, 2.75) is 51.5 Å². The van der Waals surface area contributed by atoms with Gasteiger partial charge in [0.05, 0.1) is 6.54 Å². The van der Waals surface area contributed by atoms with Gasteiger partial charge in [0.25, 0.3) is 5.91 Å². The van der Waals surface area contributed by atoms with E-state index in [1.54, 1.807) is 12.1 Å². The molecular weight excluding hydrogens is 384 g/mol. The summed E-state index contributed by atoms with van der Waals surface area (Å²) in [6.07, 6.45) is 7.96. The second kappa shape index (κ2) is 6.45. The van der Waals surface area contributed by atoms with Crippen molar-refractivity contribution in [2.24, 2.45) is 23.2 Å². The summed E-state index contributed by atoms with van der Waals surface area (Å²) < 4.78 is 5.69. The zero-order valence-electron chi connectivity index (χ0n) is 14.5. The molecule has 1 heterocycles. The van der Waals surface area contributed by atoms with E-state index in [2.05, 4.69) is 33.5 Å². The van der Waals surface area contributed by atoms with Crippen molar-refractivity contribution in [3.05, 3.63) is 22.6 Å². The summed E-state index contributed by atoms with van der Waals surface area (Å²) in [6.45, 7) is 2.13. The lowest BCUT2D eigenvalue weighted by atomic mass is 9.48. The van der Waals surface area contributed by atoms with Gasteiger partial charge in [-0.05, 0) is 96.7 Å². The Kier molecular flexibility index (Phi) is 4.42. The molecule has 0 spiro atoms. The lowest BCUT2D eigenvalue weighted by Crippen LogP contribution is -2.56. The number of carbonyl (C=O) groups is 2. The lowest BCUT2D eigenvalue weighted by Gasteiger charge is -2.59. The third kappa shape index (κ3) is 3.37. The number of hydrogen-bond acceptors (Lipinski definition) is 3. The minimum Gasteiger partial charge on any atom is -0.444 e. The van der Waals surface area contributed by atoms with E-state index < -0.39 is 0 Å². The van der Waals surface area contributed by atoms with Gasteiger partial charge in [-0.1, -0.05) is 0 Å². The predicted octanol–water partition coefficient (Wildman–Crippen LogP) is 3.49. The molecule has 1 aromatic heterocycles. The maximum atomic E-state index is 12.3. The smallest absolute Gasteiger partial charge is 0.287 e. The molecule has 4 bridgehead atoms. The van der Waals surface area contributed by atoms with Crippen LogP contribution in [0.5, 0.6) is 0 Å². The molecule has 6 heteroatoms. The Morgan fingerprint density at radius 3 is 2.32 bits per heavy atom. The van der Waals surface area contributed by atoms with E-state index in [1.165, 1.54) is 38.5 Å². The van der Waals surface area contributed by atoms with Crippen molar-refractivity contribution in [1.29, 1.82) is 0 Å². The second-order valence-electron chi connectivity index (χ2n) is 8.36. The molecule has 4 aliphatic carbocycles. The van der Waals surface area contributed by atoms with Crippen LogP contribution in [0.25, 0.3) is 0 Å². The van der Waals surface area contributed by atoms with Crippen LogP contribution in [-0.2, 0) is 4.79 Å². The number of halogens is 1. The number of rotatable bonds is 5. The molecular formula is C19H25BrN2O3. The number of nitrogens with one attached hydrogen (secondary N) is 2. The summed E-state index contributed by atoms with van der Waals surface area (Å²) >= 11 is 3.16. The normalized spacial score (nSPS) is 33.9. The molecule has 4 fully saturated rings. The molecule has 2 amide bonds. The molecule has 1 atom stereocenters. The van der Waals surface area contributed by atoms with Crippen molar-refractivity contribution < 1.29 is 14.0 Å². The van der Waals surface area contributed by atoms with Gasteiger partial charge in [-0.3, -0.25) is 9.59 Å². The average Bonchev–Trinajstić information content (AvgIpc) is 2.98. The standard InChI is InChI=1S/C19H25BrN2O3/c1-11(19-7-12-4-13(8-19)6-14(5-12)9-19)22-17(23)10-21-18(24)15-2-3-16(20)25-15/h2-3,11-14H,4-10H2,1H3,(H,21,24)(H,22,23). The van der Waals surface area contributed by atoms with Crippen molar-refractivity contribution in [2.75, 3.05) is 6.54 Å². The van der Waals surface area contributed by atoms with E-state index in [0.717, 1.165) is 17.8 Å². The summed E-state index contributed by atoms with van der Waals surface area (Å²) in [5.41, 5.74) is 0.278.